The van der Waals surface area contributed by atoms with Gasteiger partial charge in [0.25, 0.3) is 5.91 Å². The van der Waals surface area contributed by atoms with E-state index in [0.717, 1.165) is 32.1 Å². The molecule has 1 N–H and O–H groups in total. The lowest BCUT2D eigenvalue weighted by molar-refractivity contribution is -0.130. The van der Waals surface area contributed by atoms with Crippen molar-refractivity contribution in [2.75, 3.05) is 20.2 Å². The number of benzene rings is 1. The molecule has 3 rings (SSSR count). The topological polar surface area (TPSA) is 102 Å². The van der Waals surface area contributed by atoms with E-state index in [1.165, 1.54) is 43.0 Å². The molecule has 0 radical (unpaired) electrons. The normalized spacial score (nSPS) is 23.5. The second-order valence-electron chi connectivity index (χ2n) is 9.52. The number of hydrogen-bond acceptors (Lipinski definition) is 6. The van der Waals surface area contributed by atoms with Gasteiger partial charge in [-0.3, -0.25) is 4.79 Å². The fourth-order valence-corrected chi connectivity index (χ4v) is 6.66. The van der Waals surface area contributed by atoms with Crippen LogP contribution in [0.2, 0.25) is 0 Å². The summed E-state index contributed by atoms with van der Waals surface area (Å²) in [7, 11) is -2.48. The van der Waals surface area contributed by atoms with Gasteiger partial charge in [0.15, 0.2) is 6.10 Å². The van der Waals surface area contributed by atoms with Crippen molar-refractivity contribution in [2.45, 2.75) is 76.3 Å². The summed E-state index contributed by atoms with van der Waals surface area (Å²) in [6, 6.07) is 4.30. The predicted octanol–water partition coefficient (Wildman–Crippen LogP) is 3.36. The highest BCUT2D eigenvalue weighted by Gasteiger charge is 2.34. The number of carbonyl (C=O) groups excluding carboxylic acids is 2. The van der Waals surface area contributed by atoms with Gasteiger partial charge in [0.2, 0.25) is 10.0 Å². The number of hydrogen-bond donors (Lipinski definition) is 1. The lowest BCUT2D eigenvalue weighted by atomic mass is 9.94. The predicted molar refractivity (Wildman–Crippen MR) is 125 cm³/mol. The molecule has 0 aromatic heterocycles. The molecule has 1 amide bonds. The molecule has 33 heavy (non-hydrogen) atoms. The van der Waals surface area contributed by atoms with Gasteiger partial charge in [0, 0.05) is 19.1 Å². The highest BCUT2D eigenvalue weighted by Crippen LogP contribution is 2.32. The number of amides is 1. The Morgan fingerprint density at radius 2 is 1.73 bits per heavy atom. The van der Waals surface area contributed by atoms with Crippen molar-refractivity contribution < 1.29 is 27.5 Å². The SMILES string of the molecule is COc1ccc(C(=O)OC(C)C(=O)NC2CCCCC2)cc1S(=O)(=O)N1CC(C)CC(C)C1. The number of rotatable bonds is 7. The van der Waals surface area contributed by atoms with Gasteiger partial charge in [-0.05, 0) is 56.2 Å². The van der Waals surface area contributed by atoms with E-state index in [1.807, 2.05) is 13.8 Å². The van der Waals surface area contributed by atoms with Crippen molar-refractivity contribution in [3.63, 3.8) is 0 Å². The summed E-state index contributed by atoms with van der Waals surface area (Å²) in [5.74, 6) is -0.438. The third-order valence-electron chi connectivity index (χ3n) is 6.46. The Bertz CT molecular complexity index is 948. The minimum absolute atomic E-state index is 0.0600. The van der Waals surface area contributed by atoms with Gasteiger partial charge in [-0.1, -0.05) is 33.1 Å². The molecule has 1 saturated heterocycles. The minimum Gasteiger partial charge on any atom is -0.495 e. The summed E-state index contributed by atoms with van der Waals surface area (Å²) in [4.78, 5) is 25.2. The van der Waals surface area contributed by atoms with E-state index in [4.69, 9.17) is 9.47 Å². The number of carbonyl (C=O) groups is 2. The van der Waals surface area contributed by atoms with Crippen LogP contribution in [-0.4, -0.2) is 56.9 Å². The molecule has 9 heteroatoms. The van der Waals surface area contributed by atoms with Crippen LogP contribution in [0.4, 0.5) is 0 Å². The maximum Gasteiger partial charge on any atom is 0.338 e. The lowest BCUT2D eigenvalue weighted by Gasteiger charge is -2.34. The van der Waals surface area contributed by atoms with E-state index >= 15 is 0 Å². The van der Waals surface area contributed by atoms with Crippen LogP contribution in [0, 0.1) is 11.8 Å². The van der Waals surface area contributed by atoms with Crippen LogP contribution in [0.15, 0.2) is 23.1 Å². The van der Waals surface area contributed by atoms with Gasteiger partial charge in [-0.25, -0.2) is 13.2 Å². The van der Waals surface area contributed by atoms with Crippen molar-refractivity contribution in [3.05, 3.63) is 23.8 Å². The zero-order chi connectivity index (χ0) is 24.2. The summed E-state index contributed by atoms with van der Waals surface area (Å²) in [5.41, 5.74) is 0.0600. The van der Waals surface area contributed by atoms with Gasteiger partial charge in [-0.2, -0.15) is 4.31 Å². The van der Waals surface area contributed by atoms with E-state index in [1.54, 1.807) is 0 Å². The van der Waals surface area contributed by atoms with Crippen LogP contribution in [0.3, 0.4) is 0 Å². The Labute approximate surface area is 197 Å². The maximum atomic E-state index is 13.4. The number of methoxy groups -OCH3 is 1. The fraction of sp³-hybridized carbons (Fsp3) is 0.667. The summed E-state index contributed by atoms with van der Waals surface area (Å²) in [6.45, 7) is 6.42. The molecule has 1 aromatic carbocycles. The molecule has 0 bridgehead atoms. The van der Waals surface area contributed by atoms with Crippen LogP contribution >= 0.6 is 0 Å². The van der Waals surface area contributed by atoms with Crippen molar-refractivity contribution in [2.24, 2.45) is 11.8 Å². The molecule has 2 fully saturated rings. The number of piperidine rings is 1. The van der Waals surface area contributed by atoms with Gasteiger partial charge >= 0.3 is 5.97 Å². The van der Waals surface area contributed by atoms with E-state index < -0.39 is 22.1 Å². The van der Waals surface area contributed by atoms with Crippen LogP contribution in [0.5, 0.6) is 5.75 Å². The van der Waals surface area contributed by atoms with Gasteiger partial charge in [0.05, 0.1) is 12.7 Å². The molecule has 1 aromatic rings. The molecule has 1 aliphatic heterocycles. The molecule has 184 valence electrons. The number of nitrogens with zero attached hydrogens (tertiary/aromatic N) is 1. The Morgan fingerprint density at radius 3 is 2.33 bits per heavy atom. The third kappa shape index (κ3) is 6.26. The zero-order valence-electron chi connectivity index (χ0n) is 20.0. The Balaban J connectivity index is 1.75. The van der Waals surface area contributed by atoms with Crippen molar-refractivity contribution in [1.82, 2.24) is 9.62 Å². The van der Waals surface area contributed by atoms with Crippen LogP contribution in [-0.2, 0) is 19.6 Å². The zero-order valence-corrected chi connectivity index (χ0v) is 20.8. The number of esters is 1. The third-order valence-corrected chi connectivity index (χ3v) is 8.31. The smallest absolute Gasteiger partial charge is 0.338 e. The highest BCUT2D eigenvalue weighted by molar-refractivity contribution is 7.89. The highest BCUT2D eigenvalue weighted by atomic mass is 32.2. The summed E-state index contributed by atoms with van der Waals surface area (Å²) in [5, 5.41) is 2.94. The average Bonchev–Trinajstić information content (AvgIpc) is 2.78. The van der Waals surface area contributed by atoms with Crippen molar-refractivity contribution in [3.8, 4) is 5.75 Å². The van der Waals surface area contributed by atoms with Gasteiger partial charge in [0.1, 0.15) is 10.6 Å². The number of nitrogens with one attached hydrogen (secondary N) is 1. The summed E-state index contributed by atoms with van der Waals surface area (Å²) < 4.78 is 38.9. The van der Waals surface area contributed by atoms with Crippen molar-refractivity contribution >= 4 is 21.9 Å². The molecule has 2 aliphatic rings. The second kappa shape index (κ2) is 10.9. The van der Waals surface area contributed by atoms with E-state index in [2.05, 4.69) is 5.32 Å². The maximum absolute atomic E-state index is 13.4. The van der Waals surface area contributed by atoms with E-state index in [0.29, 0.717) is 13.1 Å². The molecular formula is C24H36N2O6S. The van der Waals surface area contributed by atoms with Crippen molar-refractivity contribution in [1.29, 1.82) is 0 Å². The first-order valence-corrected chi connectivity index (χ1v) is 13.2. The van der Waals surface area contributed by atoms with E-state index in [9.17, 15) is 18.0 Å². The van der Waals surface area contributed by atoms with E-state index in [-0.39, 0.29) is 40.0 Å². The Kier molecular flexibility index (Phi) is 8.39. The summed E-state index contributed by atoms with van der Waals surface area (Å²) >= 11 is 0. The second-order valence-corrected chi connectivity index (χ2v) is 11.4. The molecule has 3 atom stereocenters. The number of ether oxygens (including phenoxy) is 2. The quantitative estimate of drug-likeness (QED) is 0.601. The molecule has 0 spiro atoms. The molecule has 8 nitrogen and oxygen atoms in total. The molecule has 3 unspecified atom stereocenters. The molecule has 1 aliphatic carbocycles. The molecular weight excluding hydrogens is 444 g/mol. The van der Waals surface area contributed by atoms with Crippen LogP contribution in [0.25, 0.3) is 0 Å². The monoisotopic (exact) mass is 480 g/mol. The lowest BCUT2D eigenvalue weighted by Crippen LogP contribution is -2.43. The Morgan fingerprint density at radius 1 is 1.09 bits per heavy atom. The van der Waals surface area contributed by atoms with Gasteiger partial charge in [-0.15, -0.1) is 0 Å². The fourth-order valence-electron chi connectivity index (χ4n) is 4.79. The minimum atomic E-state index is -3.87. The largest absolute Gasteiger partial charge is 0.495 e. The first kappa shape index (κ1) is 25.5. The molecule has 1 saturated carbocycles. The first-order chi connectivity index (χ1) is 15.6. The van der Waals surface area contributed by atoms with Crippen LogP contribution in [0.1, 0.15) is 69.7 Å². The molecule has 1 heterocycles. The number of sulfonamides is 1. The average molecular weight is 481 g/mol. The van der Waals surface area contributed by atoms with Crippen LogP contribution < -0.4 is 10.1 Å². The van der Waals surface area contributed by atoms with Gasteiger partial charge < -0.3 is 14.8 Å². The summed E-state index contributed by atoms with van der Waals surface area (Å²) in [6.07, 6.45) is 5.18. The Hall–Kier alpha value is -2.13. The standard InChI is InChI=1S/C24H36N2O6S/c1-16-12-17(2)15-26(14-16)33(29,30)22-13-19(10-11-21(22)31-4)24(28)32-18(3)23(27)25-20-8-6-5-7-9-20/h10-11,13,16-18,20H,5-9,12,14-15H2,1-4H3,(H,25,27). The first-order valence-electron chi connectivity index (χ1n) is 11.8.